The minimum Gasteiger partial charge on any atom is -0.456 e. The summed E-state index contributed by atoms with van der Waals surface area (Å²) in [5.74, 6) is 1.86. The molecule has 0 amide bonds. The molecule has 53 heavy (non-hydrogen) atoms. The van der Waals surface area contributed by atoms with E-state index in [4.69, 9.17) is 19.4 Å². The molecule has 10 rings (SSSR count). The summed E-state index contributed by atoms with van der Waals surface area (Å²) in [6.45, 7) is 0. The Labute approximate surface area is 306 Å². The predicted octanol–water partition coefficient (Wildman–Crippen LogP) is 12.9. The number of nitrogens with zero attached hydrogens (tertiary/aromatic N) is 3. The number of hydrogen-bond donors (Lipinski definition) is 0. The van der Waals surface area contributed by atoms with Gasteiger partial charge in [-0.2, -0.15) is 0 Å². The van der Waals surface area contributed by atoms with Crippen molar-refractivity contribution >= 4 is 32.7 Å². The average Bonchev–Trinajstić information content (AvgIpc) is 3.63. The molecule has 2 heterocycles. The van der Waals surface area contributed by atoms with Crippen LogP contribution < -0.4 is 0 Å². The van der Waals surface area contributed by atoms with Crippen LogP contribution in [-0.4, -0.2) is 15.0 Å². The van der Waals surface area contributed by atoms with E-state index in [-0.39, 0.29) is 0 Å². The molecule has 4 heteroatoms. The maximum absolute atomic E-state index is 6.30. The van der Waals surface area contributed by atoms with Crippen LogP contribution in [0.3, 0.4) is 0 Å². The molecule has 0 unspecified atom stereocenters. The van der Waals surface area contributed by atoms with Crippen molar-refractivity contribution in [2.75, 3.05) is 0 Å². The summed E-state index contributed by atoms with van der Waals surface area (Å²) < 4.78 is 6.30. The lowest BCUT2D eigenvalue weighted by atomic mass is 9.98. The molecule has 0 radical (unpaired) electrons. The van der Waals surface area contributed by atoms with Crippen molar-refractivity contribution in [2.24, 2.45) is 0 Å². The van der Waals surface area contributed by atoms with E-state index in [1.54, 1.807) is 0 Å². The Morgan fingerprint density at radius 3 is 1.66 bits per heavy atom. The number of hydrogen-bond acceptors (Lipinski definition) is 4. The highest BCUT2D eigenvalue weighted by Crippen LogP contribution is 2.38. The van der Waals surface area contributed by atoms with Crippen LogP contribution in [0.5, 0.6) is 0 Å². The highest BCUT2D eigenvalue weighted by atomic mass is 16.3. The highest BCUT2D eigenvalue weighted by molar-refractivity contribution is 6.19. The second kappa shape index (κ2) is 12.9. The molecule has 0 saturated heterocycles. The van der Waals surface area contributed by atoms with E-state index < -0.39 is 0 Å². The maximum Gasteiger partial charge on any atom is 0.164 e. The molecule has 0 aliphatic heterocycles. The third-order valence-electron chi connectivity index (χ3n) is 9.95. The highest BCUT2D eigenvalue weighted by Gasteiger charge is 2.17. The summed E-state index contributed by atoms with van der Waals surface area (Å²) in [5.41, 5.74) is 11.2. The predicted molar refractivity (Wildman–Crippen MR) is 217 cm³/mol. The van der Waals surface area contributed by atoms with Crippen molar-refractivity contribution in [3.8, 4) is 67.5 Å². The topological polar surface area (TPSA) is 51.8 Å². The van der Waals surface area contributed by atoms with Crippen molar-refractivity contribution in [3.63, 3.8) is 0 Å². The maximum atomic E-state index is 6.30. The largest absolute Gasteiger partial charge is 0.456 e. The molecule has 0 atom stereocenters. The normalized spacial score (nSPS) is 11.4. The molecular formula is C49H31N3O. The number of furan rings is 1. The fraction of sp³-hybridized carbons (Fsp3) is 0. The average molecular weight is 678 g/mol. The van der Waals surface area contributed by atoms with Crippen LogP contribution in [0.15, 0.2) is 192 Å². The molecule has 4 nitrogen and oxygen atoms in total. The van der Waals surface area contributed by atoms with Crippen molar-refractivity contribution in [3.05, 3.63) is 188 Å². The monoisotopic (exact) mass is 677 g/mol. The van der Waals surface area contributed by atoms with Gasteiger partial charge in [-0.05, 0) is 68.4 Å². The lowest BCUT2D eigenvalue weighted by Crippen LogP contribution is -2.01. The SMILES string of the molecule is c1ccc(-c2ccc(-c3nc(-c4cccc(-c5ccc6oc7ccc8ccccc8c7c6c5)c4)nc(-c4ccccc4-c4ccccc4)n3)cc2)cc1. The lowest BCUT2D eigenvalue weighted by molar-refractivity contribution is 0.669. The summed E-state index contributed by atoms with van der Waals surface area (Å²) in [5, 5.41) is 4.62. The fourth-order valence-corrected chi connectivity index (χ4v) is 7.31. The first-order valence-corrected chi connectivity index (χ1v) is 17.8. The first-order chi connectivity index (χ1) is 26.2. The molecule has 8 aromatic carbocycles. The molecule has 0 aliphatic carbocycles. The van der Waals surface area contributed by atoms with Crippen LogP contribution in [0.1, 0.15) is 0 Å². The van der Waals surface area contributed by atoms with Gasteiger partial charge in [0.1, 0.15) is 11.2 Å². The van der Waals surface area contributed by atoms with Crippen LogP contribution in [0.4, 0.5) is 0 Å². The molecule has 0 bridgehead atoms. The Morgan fingerprint density at radius 2 is 0.849 bits per heavy atom. The number of benzene rings is 8. The van der Waals surface area contributed by atoms with Gasteiger partial charge in [0.05, 0.1) is 0 Å². The summed E-state index contributed by atoms with van der Waals surface area (Å²) in [4.78, 5) is 15.4. The van der Waals surface area contributed by atoms with E-state index in [0.29, 0.717) is 17.5 Å². The Bertz CT molecular complexity index is 2930. The van der Waals surface area contributed by atoms with Crippen LogP contribution in [0, 0.1) is 0 Å². The Balaban J connectivity index is 1.12. The quantitative estimate of drug-likeness (QED) is 0.176. The van der Waals surface area contributed by atoms with E-state index in [2.05, 4.69) is 170 Å². The van der Waals surface area contributed by atoms with Gasteiger partial charge in [0.2, 0.25) is 0 Å². The molecule has 0 fully saturated rings. The van der Waals surface area contributed by atoms with E-state index >= 15 is 0 Å². The minimum atomic E-state index is 0.614. The van der Waals surface area contributed by atoms with Gasteiger partial charge in [0, 0.05) is 27.5 Å². The zero-order valence-electron chi connectivity index (χ0n) is 28.6. The van der Waals surface area contributed by atoms with Crippen LogP contribution in [0.2, 0.25) is 0 Å². The molecule has 10 aromatic rings. The Morgan fingerprint density at radius 1 is 0.302 bits per heavy atom. The van der Waals surface area contributed by atoms with Gasteiger partial charge in [-0.15, -0.1) is 0 Å². The standard InChI is InChI=1S/C49H31N3O/c1-3-12-32(13-4-1)33-22-24-36(25-23-33)47-50-48(52-49(51-47)42-21-10-9-19-40(42)34-14-5-2-6-15-34)39-18-11-17-37(30-39)38-27-28-44-43(31-38)46-41-20-8-7-16-35(41)26-29-45(46)53-44/h1-31H. The number of fused-ring (bicyclic) bond motifs is 5. The number of rotatable bonds is 6. The molecule has 248 valence electrons. The van der Waals surface area contributed by atoms with Gasteiger partial charge in [-0.1, -0.05) is 164 Å². The Kier molecular flexibility index (Phi) is 7.43. The van der Waals surface area contributed by atoms with Gasteiger partial charge in [-0.3, -0.25) is 0 Å². The van der Waals surface area contributed by atoms with Crippen molar-refractivity contribution < 1.29 is 4.42 Å². The van der Waals surface area contributed by atoms with E-state index in [0.717, 1.165) is 66.4 Å². The van der Waals surface area contributed by atoms with E-state index in [1.807, 2.05) is 18.2 Å². The summed E-state index contributed by atoms with van der Waals surface area (Å²) >= 11 is 0. The summed E-state index contributed by atoms with van der Waals surface area (Å²) in [6, 6.07) is 65.1. The third-order valence-corrected chi connectivity index (χ3v) is 9.95. The first kappa shape index (κ1) is 30.6. The molecule has 0 spiro atoms. The Hall–Kier alpha value is -7.17. The van der Waals surface area contributed by atoms with E-state index in [1.165, 1.54) is 16.3 Å². The van der Waals surface area contributed by atoms with Crippen molar-refractivity contribution in [1.29, 1.82) is 0 Å². The molecule has 0 saturated carbocycles. The molecule has 2 aromatic heterocycles. The van der Waals surface area contributed by atoms with Crippen LogP contribution in [-0.2, 0) is 0 Å². The first-order valence-electron chi connectivity index (χ1n) is 17.8. The van der Waals surface area contributed by atoms with Gasteiger partial charge in [0.15, 0.2) is 17.5 Å². The van der Waals surface area contributed by atoms with Gasteiger partial charge in [0.25, 0.3) is 0 Å². The molecule has 0 aliphatic rings. The third kappa shape index (κ3) is 5.63. The van der Waals surface area contributed by atoms with Crippen molar-refractivity contribution in [2.45, 2.75) is 0 Å². The molecule has 0 N–H and O–H groups in total. The zero-order valence-corrected chi connectivity index (χ0v) is 28.6. The zero-order chi connectivity index (χ0) is 35.1. The molecular weight excluding hydrogens is 647 g/mol. The lowest BCUT2D eigenvalue weighted by Gasteiger charge is -2.13. The van der Waals surface area contributed by atoms with Crippen molar-refractivity contribution in [1.82, 2.24) is 15.0 Å². The van der Waals surface area contributed by atoms with Crippen LogP contribution in [0.25, 0.3) is 100 Å². The smallest absolute Gasteiger partial charge is 0.164 e. The van der Waals surface area contributed by atoms with E-state index in [9.17, 15) is 0 Å². The van der Waals surface area contributed by atoms with Gasteiger partial charge < -0.3 is 4.42 Å². The minimum absolute atomic E-state index is 0.614. The second-order valence-corrected chi connectivity index (χ2v) is 13.2. The fourth-order valence-electron chi connectivity index (χ4n) is 7.31. The van der Waals surface area contributed by atoms with Gasteiger partial charge >= 0.3 is 0 Å². The summed E-state index contributed by atoms with van der Waals surface area (Å²) in [7, 11) is 0. The van der Waals surface area contributed by atoms with Crippen LogP contribution >= 0.6 is 0 Å². The second-order valence-electron chi connectivity index (χ2n) is 13.2. The summed E-state index contributed by atoms with van der Waals surface area (Å²) in [6.07, 6.45) is 0. The number of aromatic nitrogens is 3. The van der Waals surface area contributed by atoms with Gasteiger partial charge in [-0.25, -0.2) is 15.0 Å².